The minimum atomic E-state index is 0.617. The Morgan fingerprint density at radius 2 is 1.73 bits per heavy atom. The highest BCUT2D eigenvalue weighted by Gasteiger charge is 2.16. The molecule has 0 amide bonds. The molecule has 0 rings (SSSR count). The van der Waals surface area contributed by atoms with Crippen molar-refractivity contribution in [3.05, 3.63) is 0 Å². The lowest BCUT2D eigenvalue weighted by molar-refractivity contribution is 0.267. The van der Waals surface area contributed by atoms with Gasteiger partial charge in [-0.05, 0) is 33.4 Å². The summed E-state index contributed by atoms with van der Waals surface area (Å²) >= 11 is 0. The van der Waals surface area contributed by atoms with Crippen LogP contribution in [0.5, 0.6) is 0 Å². The Morgan fingerprint density at radius 1 is 1.13 bits per heavy atom. The van der Waals surface area contributed by atoms with Gasteiger partial charge in [0.2, 0.25) is 0 Å². The Hall–Kier alpha value is -0.0800. The van der Waals surface area contributed by atoms with Gasteiger partial charge in [-0.3, -0.25) is 0 Å². The lowest BCUT2D eigenvalue weighted by Gasteiger charge is -2.29. The first-order valence-electron chi connectivity index (χ1n) is 6.38. The predicted molar refractivity (Wildman–Crippen MR) is 69.3 cm³/mol. The van der Waals surface area contributed by atoms with E-state index in [2.05, 4.69) is 52.0 Å². The van der Waals surface area contributed by atoms with Crippen LogP contribution in [-0.4, -0.2) is 37.6 Å². The number of hydrogen-bond donors (Lipinski definition) is 1. The van der Waals surface area contributed by atoms with Crippen molar-refractivity contribution in [3.8, 4) is 0 Å². The maximum absolute atomic E-state index is 3.74. The Balaban J connectivity index is 3.93. The van der Waals surface area contributed by atoms with Gasteiger partial charge in [-0.25, -0.2) is 0 Å². The average Bonchev–Trinajstić information content (AvgIpc) is 2.12. The molecule has 0 spiro atoms. The summed E-state index contributed by atoms with van der Waals surface area (Å²) in [5.74, 6) is 0.705. The van der Waals surface area contributed by atoms with Crippen LogP contribution < -0.4 is 5.32 Å². The smallest absolute Gasteiger partial charge is 0.0220 e. The van der Waals surface area contributed by atoms with Gasteiger partial charge in [0.05, 0.1) is 0 Å². The quantitative estimate of drug-likeness (QED) is 0.668. The van der Waals surface area contributed by atoms with Crippen molar-refractivity contribution in [1.29, 1.82) is 0 Å². The fourth-order valence-corrected chi connectivity index (χ4v) is 1.81. The molecule has 0 aliphatic carbocycles. The van der Waals surface area contributed by atoms with E-state index in [1.54, 1.807) is 0 Å². The fourth-order valence-electron chi connectivity index (χ4n) is 1.81. The van der Waals surface area contributed by atoms with Crippen LogP contribution in [0, 0.1) is 5.92 Å². The first kappa shape index (κ1) is 14.9. The highest BCUT2D eigenvalue weighted by atomic mass is 15.1. The lowest BCUT2D eigenvalue weighted by atomic mass is 10.0. The van der Waals surface area contributed by atoms with Crippen molar-refractivity contribution in [2.45, 2.75) is 59.0 Å². The summed E-state index contributed by atoms with van der Waals surface area (Å²) in [6, 6.07) is 1.27. The van der Waals surface area contributed by atoms with Gasteiger partial charge in [-0.15, -0.1) is 0 Å². The predicted octanol–water partition coefficient (Wildman–Crippen LogP) is 2.74. The Kier molecular flexibility index (Phi) is 8.07. The van der Waals surface area contributed by atoms with Gasteiger partial charge in [0, 0.05) is 18.6 Å². The van der Waals surface area contributed by atoms with Gasteiger partial charge in [-0.1, -0.05) is 33.6 Å². The first-order valence-corrected chi connectivity index (χ1v) is 6.38. The van der Waals surface area contributed by atoms with Gasteiger partial charge >= 0.3 is 0 Å². The van der Waals surface area contributed by atoms with Crippen LogP contribution >= 0.6 is 0 Å². The zero-order valence-corrected chi connectivity index (χ0v) is 11.5. The number of nitrogens with zero attached hydrogens (tertiary/aromatic N) is 1. The topological polar surface area (TPSA) is 15.3 Å². The summed E-state index contributed by atoms with van der Waals surface area (Å²) in [5, 5.41) is 3.74. The van der Waals surface area contributed by atoms with E-state index >= 15 is 0 Å². The number of rotatable bonds is 8. The average molecular weight is 214 g/mol. The van der Waals surface area contributed by atoms with E-state index < -0.39 is 0 Å². The Bertz CT molecular complexity index is 143. The molecule has 92 valence electrons. The molecule has 0 saturated heterocycles. The number of nitrogens with one attached hydrogen (secondary N) is 1. The van der Waals surface area contributed by atoms with Crippen molar-refractivity contribution in [2.75, 3.05) is 20.6 Å². The lowest BCUT2D eigenvalue weighted by Crippen LogP contribution is -2.45. The highest BCUT2D eigenvalue weighted by Crippen LogP contribution is 2.07. The van der Waals surface area contributed by atoms with Crippen LogP contribution in [0.4, 0.5) is 0 Å². The second-order valence-electron chi connectivity index (χ2n) is 5.32. The van der Waals surface area contributed by atoms with E-state index in [9.17, 15) is 0 Å². The van der Waals surface area contributed by atoms with Crippen molar-refractivity contribution in [1.82, 2.24) is 10.2 Å². The maximum Gasteiger partial charge on any atom is 0.0220 e. The van der Waals surface area contributed by atoms with Gasteiger partial charge in [0.25, 0.3) is 0 Å². The summed E-state index contributed by atoms with van der Waals surface area (Å²) in [7, 11) is 4.29. The number of likely N-dealkylation sites (N-methyl/N-ethyl adjacent to an activating group) is 1. The number of hydrogen-bond acceptors (Lipinski definition) is 2. The highest BCUT2D eigenvalue weighted by molar-refractivity contribution is 4.76. The molecule has 0 radical (unpaired) electrons. The van der Waals surface area contributed by atoms with E-state index in [1.165, 1.54) is 19.3 Å². The standard InChI is InChI=1S/C13H30N2/c1-7-8-9-12(4)14-13(11(2)3)10-15(5)6/h11-14H,7-10H2,1-6H3. The SMILES string of the molecule is CCCCC(C)NC(CN(C)C)C(C)C. The van der Waals surface area contributed by atoms with Crippen LogP contribution in [0.1, 0.15) is 47.0 Å². The van der Waals surface area contributed by atoms with Crippen molar-refractivity contribution >= 4 is 0 Å². The summed E-state index contributed by atoms with van der Waals surface area (Å²) in [6.45, 7) is 10.3. The van der Waals surface area contributed by atoms with Crippen LogP contribution in [0.2, 0.25) is 0 Å². The molecule has 2 nitrogen and oxygen atoms in total. The molecule has 15 heavy (non-hydrogen) atoms. The summed E-state index contributed by atoms with van der Waals surface area (Å²) in [6.07, 6.45) is 3.93. The maximum atomic E-state index is 3.74. The molecule has 2 unspecified atom stereocenters. The molecule has 0 aliphatic heterocycles. The first-order chi connectivity index (χ1) is 6.97. The third kappa shape index (κ3) is 7.80. The largest absolute Gasteiger partial charge is 0.310 e. The molecule has 0 heterocycles. The summed E-state index contributed by atoms with van der Waals surface area (Å²) in [4.78, 5) is 2.27. The van der Waals surface area contributed by atoms with Crippen LogP contribution in [0.25, 0.3) is 0 Å². The van der Waals surface area contributed by atoms with E-state index in [4.69, 9.17) is 0 Å². The van der Waals surface area contributed by atoms with Crippen molar-refractivity contribution < 1.29 is 0 Å². The van der Waals surface area contributed by atoms with Crippen LogP contribution in [0.15, 0.2) is 0 Å². The molecular formula is C13H30N2. The molecule has 0 aromatic rings. The van der Waals surface area contributed by atoms with E-state index in [1.807, 2.05) is 0 Å². The molecule has 0 aliphatic rings. The molecule has 2 heteroatoms. The van der Waals surface area contributed by atoms with E-state index in [0.29, 0.717) is 18.0 Å². The Morgan fingerprint density at radius 3 is 2.13 bits per heavy atom. The molecule has 0 aromatic carbocycles. The molecule has 0 fully saturated rings. The van der Waals surface area contributed by atoms with Crippen LogP contribution in [0.3, 0.4) is 0 Å². The minimum Gasteiger partial charge on any atom is -0.310 e. The van der Waals surface area contributed by atoms with Crippen molar-refractivity contribution in [2.24, 2.45) is 5.92 Å². The monoisotopic (exact) mass is 214 g/mol. The molecular weight excluding hydrogens is 184 g/mol. The fraction of sp³-hybridized carbons (Fsp3) is 1.00. The van der Waals surface area contributed by atoms with E-state index in [0.717, 1.165) is 6.54 Å². The second kappa shape index (κ2) is 8.12. The molecule has 0 bridgehead atoms. The summed E-state index contributed by atoms with van der Waals surface area (Å²) < 4.78 is 0. The minimum absolute atomic E-state index is 0.617. The molecule has 0 aromatic heterocycles. The molecule has 2 atom stereocenters. The zero-order chi connectivity index (χ0) is 11.8. The van der Waals surface area contributed by atoms with Gasteiger partial charge in [0.15, 0.2) is 0 Å². The molecule has 0 saturated carbocycles. The number of unbranched alkanes of at least 4 members (excludes halogenated alkanes) is 1. The van der Waals surface area contributed by atoms with E-state index in [-0.39, 0.29) is 0 Å². The zero-order valence-electron chi connectivity index (χ0n) is 11.5. The normalized spacial score (nSPS) is 16.0. The Labute approximate surface area is 96.4 Å². The van der Waals surface area contributed by atoms with Crippen molar-refractivity contribution in [3.63, 3.8) is 0 Å². The van der Waals surface area contributed by atoms with Gasteiger partial charge < -0.3 is 10.2 Å². The molecule has 1 N–H and O–H groups in total. The van der Waals surface area contributed by atoms with Gasteiger partial charge in [-0.2, -0.15) is 0 Å². The van der Waals surface area contributed by atoms with Crippen LogP contribution in [-0.2, 0) is 0 Å². The third-order valence-electron chi connectivity index (χ3n) is 2.86. The second-order valence-corrected chi connectivity index (χ2v) is 5.32. The van der Waals surface area contributed by atoms with Gasteiger partial charge in [0.1, 0.15) is 0 Å². The third-order valence-corrected chi connectivity index (χ3v) is 2.86. The summed E-state index contributed by atoms with van der Waals surface area (Å²) in [5.41, 5.74) is 0.